The van der Waals surface area contributed by atoms with Gasteiger partial charge in [-0.25, -0.2) is 0 Å². The van der Waals surface area contributed by atoms with Gasteiger partial charge in [0.15, 0.2) is 0 Å². The molecule has 0 aromatic rings. The lowest BCUT2D eigenvalue weighted by molar-refractivity contribution is -0.110. The van der Waals surface area contributed by atoms with Gasteiger partial charge in [0.25, 0.3) is 0 Å². The van der Waals surface area contributed by atoms with E-state index in [0.717, 1.165) is 12.7 Å². The molecule has 0 aromatic heterocycles. The van der Waals surface area contributed by atoms with Crippen molar-refractivity contribution in [2.75, 3.05) is 0 Å². The third-order valence-corrected chi connectivity index (χ3v) is 2.55. The summed E-state index contributed by atoms with van der Waals surface area (Å²) in [6.45, 7) is 6.39. The fourth-order valence-corrected chi connectivity index (χ4v) is 1.73. The number of rotatable bonds is 7. The van der Waals surface area contributed by atoms with Gasteiger partial charge in [-0.3, -0.25) is 0 Å². The second-order valence-electron chi connectivity index (χ2n) is 4.08. The molecule has 1 N–H and O–H groups in total. The molecule has 0 amide bonds. The predicted molar refractivity (Wildman–Crippen MR) is 54.5 cm³/mol. The highest BCUT2D eigenvalue weighted by Gasteiger charge is 2.16. The summed E-state index contributed by atoms with van der Waals surface area (Å²) in [5.74, 6) is 0.896. The van der Waals surface area contributed by atoms with E-state index in [1.54, 1.807) is 0 Å². The molecule has 0 heterocycles. The van der Waals surface area contributed by atoms with Crippen LogP contribution in [0.25, 0.3) is 0 Å². The van der Waals surface area contributed by atoms with Crippen LogP contribution in [0, 0.1) is 11.8 Å². The van der Waals surface area contributed by atoms with Gasteiger partial charge >= 0.3 is 0 Å². The minimum absolute atomic E-state index is 0.242. The van der Waals surface area contributed by atoms with Gasteiger partial charge in [0, 0.05) is 6.42 Å². The highest BCUT2D eigenvalue weighted by atomic mass is 16.3. The topological polar surface area (TPSA) is 37.3 Å². The summed E-state index contributed by atoms with van der Waals surface area (Å²) in [7, 11) is 0. The number of aldehydes is 1. The SMILES string of the molecule is CCCC(C)CC(C)C(O)CC=O. The Kier molecular flexibility index (Phi) is 6.87. The van der Waals surface area contributed by atoms with Gasteiger partial charge in [0.1, 0.15) is 6.29 Å². The van der Waals surface area contributed by atoms with Crippen molar-refractivity contribution in [1.29, 1.82) is 0 Å². The molecular weight excluding hydrogens is 164 g/mol. The summed E-state index contributed by atoms with van der Waals surface area (Å²) in [5, 5.41) is 9.50. The van der Waals surface area contributed by atoms with E-state index < -0.39 is 6.10 Å². The number of carbonyl (C=O) groups excluding carboxylic acids is 1. The van der Waals surface area contributed by atoms with E-state index in [0.29, 0.717) is 5.92 Å². The molecule has 0 fully saturated rings. The van der Waals surface area contributed by atoms with Crippen LogP contribution in [0.2, 0.25) is 0 Å². The first kappa shape index (κ1) is 12.6. The number of aliphatic hydroxyl groups is 1. The van der Waals surface area contributed by atoms with E-state index in [4.69, 9.17) is 0 Å². The van der Waals surface area contributed by atoms with Gasteiger partial charge < -0.3 is 9.90 Å². The second-order valence-corrected chi connectivity index (χ2v) is 4.08. The fourth-order valence-electron chi connectivity index (χ4n) is 1.73. The van der Waals surface area contributed by atoms with Gasteiger partial charge in [-0.05, 0) is 18.3 Å². The Bertz CT molecular complexity index is 134. The average Bonchev–Trinajstić information content (AvgIpc) is 2.05. The van der Waals surface area contributed by atoms with Crippen molar-refractivity contribution in [2.24, 2.45) is 11.8 Å². The van der Waals surface area contributed by atoms with E-state index in [1.807, 2.05) is 6.92 Å². The molecule has 2 nitrogen and oxygen atoms in total. The summed E-state index contributed by atoms with van der Waals surface area (Å²) < 4.78 is 0. The third-order valence-electron chi connectivity index (χ3n) is 2.55. The van der Waals surface area contributed by atoms with Crippen molar-refractivity contribution in [1.82, 2.24) is 0 Å². The lowest BCUT2D eigenvalue weighted by Gasteiger charge is -2.20. The number of hydrogen-bond donors (Lipinski definition) is 1. The van der Waals surface area contributed by atoms with E-state index in [2.05, 4.69) is 13.8 Å². The zero-order chi connectivity index (χ0) is 10.3. The van der Waals surface area contributed by atoms with Crippen LogP contribution >= 0.6 is 0 Å². The standard InChI is InChI=1S/C11H22O2/c1-4-5-9(2)8-10(3)11(13)6-7-12/h7,9-11,13H,4-6,8H2,1-3H3. The van der Waals surface area contributed by atoms with E-state index in [1.165, 1.54) is 12.8 Å². The first-order chi connectivity index (χ1) is 6.11. The zero-order valence-corrected chi connectivity index (χ0v) is 8.99. The van der Waals surface area contributed by atoms with Gasteiger partial charge in [-0.1, -0.05) is 33.6 Å². The lowest BCUT2D eigenvalue weighted by Crippen LogP contribution is -2.20. The Hall–Kier alpha value is -0.370. The third kappa shape index (κ3) is 5.81. The molecule has 0 aliphatic heterocycles. The molecule has 0 saturated heterocycles. The number of aliphatic hydroxyl groups excluding tert-OH is 1. The molecule has 0 saturated carbocycles. The Morgan fingerprint density at radius 3 is 2.46 bits per heavy atom. The largest absolute Gasteiger partial charge is 0.392 e. The van der Waals surface area contributed by atoms with Crippen LogP contribution in [-0.4, -0.2) is 17.5 Å². The summed E-state index contributed by atoms with van der Waals surface area (Å²) in [5.41, 5.74) is 0. The number of carbonyl (C=O) groups is 1. The van der Waals surface area contributed by atoms with Crippen LogP contribution < -0.4 is 0 Å². The lowest BCUT2D eigenvalue weighted by atomic mass is 9.89. The molecule has 78 valence electrons. The molecule has 3 unspecified atom stereocenters. The minimum atomic E-state index is -0.447. The van der Waals surface area contributed by atoms with Crippen LogP contribution in [0.4, 0.5) is 0 Å². The predicted octanol–water partition coefficient (Wildman–Crippen LogP) is 2.40. The van der Waals surface area contributed by atoms with Crippen molar-refractivity contribution >= 4 is 6.29 Å². The van der Waals surface area contributed by atoms with Crippen molar-refractivity contribution in [2.45, 2.75) is 52.6 Å². The fraction of sp³-hybridized carbons (Fsp3) is 0.909. The van der Waals surface area contributed by atoms with Gasteiger partial charge in [-0.15, -0.1) is 0 Å². The van der Waals surface area contributed by atoms with Crippen LogP contribution in [-0.2, 0) is 4.79 Å². The van der Waals surface area contributed by atoms with Crippen molar-refractivity contribution < 1.29 is 9.90 Å². The molecular formula is C11H22O2. The highest BCUT2D eigenvalue weighted by molar-refractivity contribution is 5.50. The molecule has 13 heavy (non-hydrogen) atoms. The maximum Gasteiger partial charge on any atom is 0.122 e. The maximum absolute atomic E-state index is 10.2. The summed E-state index contributed by atoms with van der Waals surface area (Å²) in [6, 6.07) is 0. The van der Waals surface area contributed by atoms with E-state index in [-0.39, 0.29) is 12.3 Å². The monoisotopic (exact) mass is 186 g/mol. The first-order valence-electron chi connectivity index (χ1n) is 5.23. The number of hydrogen-bond acceptors (Lipinski definition) is 2. The highest BCUT2D eigenvalue weighted by Crippen LogP contribution is 2.20. The van der Waals surface area contributed by atoms with E-state index >= 15 is 0 Å². The van der Waals surface area contributed by atoms with Crippen LogP contribution in [0.1, 0.15) is 46.5 Å². The van der Waals surface area contributed by atoms with Gasteiger partial charge in [0.2, 0.25) is 0 Å². The first-order valence-corrected chi connectivity index (χ1v) is 5.23. The molecule has 0 aromatic carbocycles. The molecule has 0 radical (unpaired) electrons. The molecule has 0 rings (SSSR count). The van der Waals surface area contributed by atoms with Crippen LogP contribution in [0.3, 0.4) is 0 Å². The smallest absolute Gasteiger partial charge is 0.122 e. The molecule has 0 spiro atoms. The average molecular weight is 186 g/mol. The van der Waals surface area contributed by atoms with Gasteiger partial charge in [-0.2, -0.15) is 0 Å². The van der Waals surface area contributed by atoms with Gasteiger partial charge in [0.05, 0.1) is 6.10 Å². The Morgan fingerprint density at radius 2 is 2.00 bits per heavy atom. The maximum atomic E-state index is 10.2. The molecule has 2 heteroatoms. The zero-order valence-electron chi connectivity index (χ0n) is 8.99. The second kappa shape index (κ2) is 7.07. The summed E-state index contributed by atoms with van der Waals surface area (Å²) in [4.78, 5) is 10.2. The summed E-state index contributed by atoms with van der Waals surface area (Å²) in [6.07, 6.45) is 4.04. The molecule has 0 bridgehead atoms. The van der Waals surface area contributed by atoms with Crippen LogP contribution in [0.15, 0.2) is 0 Å². The van der Waals surface area contributed by atoms with Crippen molar-refractivity contribution in [3.8, 4) is 0 Å². The minimum Gasteiger partial charge on any atom is -0.392 e. The Balaban J connectivity index is 3.70. The molecule has 0 aliphatic carbocycles. The van der Waals surface area contributed by atoms with E-state index in [9.17, 15) is 9.90 Å². The summed E-state index contributed by atoms with van der Waals surface area (Å²) >= 11 is 0. The van der Waals surface area contributed by atoms with Crippen LogP contribution in [0.5, 0.6) is 0 Å². The Labute approximate surface area is 81.3 Å². The quantitative estimate of drug-likeness (QED) is 0.620. The van der Waals surface area contributed by atoms with Crippen molar-refractivity contribution in [3.05, 3.63) is 0 Å². The molecule has 0 aliphatic rings. The molecule has 3 atom stereocenters. The Morgan fingerprint density at radius 1 is 1.38 bits per heavy atom. The normalized spacial score (nSPS) is 17.8. The van der Waals surface area contributed by atoms with Crippen molar-refractivity contribution in [3.63, 3.8) is 0 Å².